The number of carbonyl (C=O) groups excluding carboxylic acids is 2. The number of aromatic nitrogens is 3. The molecule has 152 valence electrons. The molecule has 3 N–H and O–H groups in total. The Labute approximate surface area is 171 Å². The molecule has 1 aliphatic rings. The Kier molecular flexibility index (Phi) is 4.46. The van der Waals surface area contributed by atoms with Crippen LogP contribution in [0.25, 0.3) is 21.8 Å². The number of benzene rings is 2. The number of halogens is 1. The van der Waals surface area contributed by atoms with Crippen LogP contribution in [0.1, 0.15) is 12.0 Å². The molecular weight excluding hydrogens is 385 g/mol. The quantitative estimate of drug-likeness (QED) is 0.477. The molecule has 5 rings (SSSR count). The van der Waals surface area contributed by atoms with Gasteiger partial charge < -0.3 is 10.3 Å². The van der Waals surface area contributed by atoms with E-state index in [-0.39, 0.29) is 24.1 Å². The lowest BCUT2D eigenvalue weighted by molar-refractivity contribution is -0.126. The summed E-state index contributed by atoms with van der Waals surface area (Å²) >= 11 is 0. The Bertz CT molecular complexity index is 1260. The van der Waals surface area contributed by atoms with Crippen molar-refractivity contribution in [1.29, 1.82) is 0 Å². The molecule has 1 saturated heterocycles. The van der Waals surface area contributed by atoms with Crippen LogP contribution in [0.4, 0.5) is 10.2 Å². The van der Waals surface area contributed by atoms with Crippen molar-refractivity contribution in [2.75, 3.05) is 18.0 Å². The maximum Gasteiger partial charge on any atom is 0.229 e. The minimum atomic E-state index is -0.423. The Hall–Kier alpha value is -3.68. The second kappa shape index (κ2) is 7.29. The number of nitrogens with one attached hydrogen (secondary N) is 3. The van der Waals surface area contributed by atoms with Gasteiger partial charge in [-0.25, -0.2) is 4.39 Å². The number of nitrogens with zero attached hydrogens (tertiary/aromatic N) is 2. The molecule has 0 unspecified atom stereocenters. The van der Waals surface area contributed by atoms with Gasteiger partial charge in [-0.2, -0.15) is 5.10 Å². The molecule has 0 spiro atoms. The number of hydrogen-bond acceptors (Lipinski definition) is 3. The highest BCUT2D eigenvalue weighted by Gasteiger charge is 2.36. The predicted octanol–water partition coefficient (Wildman–Crippen LogP) is 2.90. The average Bonchev–Trinajstić information content (AvgIpc) is 3.44. The smallest absolute Gasteiger partial charge is 0.229 e. The summed E-state index contributed by atoms with van der Waals surface area (Å²) in [5.41, 5.74) is 2.65. The van der Waals surface area contributed by atoms with E-state index < -0.39 is 5.92 Å². The first kappa shape index (κ1) is 18.4. The standard InChI is InChI=1S/C22H20FN5O2/c23-15-5-6-18-17(10-15)13(11-25-18)7-8-24-22(30)14-9-20(29)28(12-14)21-16-3-1-2-4-19(16)26-27-21/h1-6,10-11,14,25H,7-9,12H2,(H,24,30)(H,26,27)/t14-/m1/s1. The van der Waals surface area contributed by atoms with Gasteiger partial charge in [0.2, 0.25) is 11.8 Å². The third kappa shape index (κ3) is 3.20. The summed E-state index contributed by atoms with van der Waals surface area (Å²) in [4.78, 5) is 29.8. The first-order chi connectivity index (χ1) is 14.6. The summed E-state index contributed by atoms with van der Waals surface area (Å²) in [5, 5.41) is 11.8. The van der Waals surface area contributed by atoms with Crippen molar-refractivity contribution in [2.45, 2.75) is 12.8 Å². The van der Waals surface area contributed by atoms with Crippen molar-refractivity contribution < 1.29 is 14.0 Å². The molecule has 30 heavy (non-hydrogen) atoms. The van der Waals surface area contributed by atoms with E-state index in [9.17, 15) is 14.0 Å². The van der Waals surface area contributed by atoms with Crippen molar-refractivity contribution in [3.05, 3.63) is 60.0 Å². The lowest BCUT2D eigenvalue weighted by Crippen LogP contribution is -2.34. The molecule has 2 aromatic heterocycles. The SMILES string of the molecule is O=C(NCCc1c[nH]c2ccc(F)cc12)[C@@H]1CC(=O)N(c2n[nH]c3ccccc23)C1. The Morgan fingerprint density at radius 3 is 2.97 bits per heavy atom. The molecule has 0 aliphatic carbocycles. The Morgan fingerprint density at radius 1 is 1.20 bits per heavy atom. The van der Waals surface area contributed by atoms with E-state index in [2.05, 4.69) is 20.5 Å². The van der Waals surface area contributed by atoms with Crippen molar-refractivity contribution in [3.63, 3.8) is 0 Å². The summed E-state index contributed by atoms with van der Waals surface area (Å²) in [5.74, 6) is -0.417. The topological polar surface area (TPSA) is 93.9 Å². The van der Waals surface area contributed by atoms with Gasteiger partial charge in [-0.1, -0.05) is 12.1 Å². The zero-order valence-electron chi connectivity index (χ0n) is 16.1. The Balaban J connectivity index is 1.23. The minimum absolute atomic E-state index is 0.112. The zero-order valence-corrected chi connectivity index (χ0v) is 16.1. The maximum atomic E-state index is 13.5. The van der Waals surface area contributed by atoms with Crippen LogP contribution in [-0.2, 0) is 16.0 Å². The van der Waals surface area contributed by atoms with Crippen LogP contribution in [-0.4, -0.2) is 40.1 Å². The average molecular weight is 405 g/mol. The van der Waals surface area contributed by atoms with E-state index >= 15 is 0 Å². The van der Waals surface area contributed by atoms with Crippen molar-refractivity contribution in [2.24, 2.45) is 5.92 Å². The predicted molar refractivity (Wildman–Crippen MR) is 112 cm³/mol. The van der Waals surface area contributed by atoms with Crippen LogP contribution in [0.3, 0.4) is 0 Å². The third-order valence-electron chi connectivity index (χ3n) is 5.62. The number of H-pyrrole nitrogens is 2. The molecule has 7 nitrogen and oxygen atoms in total. The van der Waals surface area contributed by atoms with Crippen molar-refractivity contribution >= 4 is 39.4 Å². The number of anilines is 1. The number of fused-ring (bicyclic) bond motifs is 2. The number of para-hydroxylation sites is 1. The highest BCUT2D eigenvalue weighted by Crippen LogP contribution is 2.29. The molecule has 2 amide bonds. The fourth-order valence-corrected chi connectivity index (χ4v) is 4.06. The molecule has 0 bridgehead atoms. The van der Waals surface area contributed by atoms with Crippen LogP contribution >= 0.6 is 0 Å². The van der Waals surface area contributed by atoms with Crippen LogP contribution in [0.5, 0.6) is 0 Å². The third-order valence-corrected chi connectivity index (χ3v) is 5.62. The lowest BCUT2D eigenvalue weighted by atomic mass is 10.1. The Morgan fingerprint density at radius 2 is 2.07 bits per heavy atom. The molecule has 8 heteroatoms. The number of carbonyl (C=O) groups is 2. The van der Waals surface area contributed by atoms with Gasteiger partial charge in [-0.05, 0) is 42.3 Å². The number of hydrogen-bond donors (Lipinski definition) is 3. The van der Waals surface area contributed by atoms with Gasteiger partial charge in [0.05, 0.1) is 11.4 Å². The number of amides is 2. The van der Waals surface area contributed by atoms with Gasteiger partial charge in [0.25, 0.3) is 0 Å². The molecule has 0 radical (unpaired) electrons. The second-order valence-corrected chi connectivity index (χ2v) is 7.54. The van der Waals surface area contributed by atoms with Gasteiger partial charge in [0.1, 0.15) is 5.82 Å². The zero-order chi connectivity index (χ0) is 20.7. The summed E-state index contributed by atoms with van der Waals surface area (Å²) in [7, 11) is 0. The largest absolute Gasteiger partial charge is 0.361 e. The van der Waals surface area contributed by atoms with Crippen molar-refractivity contribution in [1.82, 2.24) is 20.5 Å². The fourth-order valence-electron chi connectivity index (χ4n) is 4.06. The van der Waals surface area contributed by atoms with Gasteiger partial charge in [-0.15, -0.1) is 0 Å². The normalized spacial score (nSPS) is 16.6. The van der Waals surface area contributed by atoms with E-state index in [1.807, 2.05) is 30.5 Å². The highest BCUT2D eigenvalue weighted by molar-refractivity contribution is 6.05. The minimum Gasteiger partial charge on any atom is -0.361 e. The van der Waals surface area contributed by atoms with E-state index in [1.54, 1.807) is 11.0 Å². The first-order valence-corrected chi connectivity index (χ1v) is 9.87. The summed E-state index contributed by atoms with van der Waals surface area (Å²) in [6.45, 7) is 0.718. The van der Waals surface area contributed by atoms with Crippen molar-refractivity contribution in [3.8, 4) is 0 Å². The van der Waals surface area contributed by atoms with E-state index in [0.29, 0.717) is 25.3 Å². The highest BCUT2D eigenvalue weighted by atomic mass is 19.1. The van der Waals surface area contributed by atoms with E-state index in [1.165, 1.54) is 12.1 Å². The molecule has 1 fully saturated rings. The molecular formula is C22H20FN5O2. The van der Waals surface area contributed by atoms with Crippen LogP contribution < -0.4 is 10.2 Å². The van der Waals surface area contributed by atoms with Crippen LogP contribution in [0, 0.1) is 11.7 Å². The van der Waals surface area contributed by atoms with Crippen LogP contribution in [0.15, 0.2) is 48.7 Å². The van der Waals surface area contributed by atoms with Gasteiger partial charge in [-0.3, -0.25) is 19.6 Å². The van der Waals surface area contributed by atoms with Gasteiger partial charge in [0, 0.05) is 42.0 Å². The molecule has 1 atom stereocenters. The molecule has 1 aliphatic heterocycles. The van der Waals surface area contributed by atoms with Crippen LogP contribution in [0.2, 0.25) is 0 Å². The van der Waals surface area contributed by atoms with Gasteiger partial charge in [0.15, 0.2) is 5.82 Å². The molecule has 3 heterocycles. The summed E-state index contributed by atoms with van der Waals surface area (Å²) < 4.78 is 13.5. The van der Waals surface area contributed by atoms with Gasteiger partial charge >= 0.3 is 0 Å². The van der Waals surface area contributed by atoms with E-state index in [0.717, 1.165) is 27.4 Å². The lowest BCUT2D eigenvalue weighted by Gasteiger charge is -2.14. The fraction of sp³-hybridized carbons (Fsp3) is 0.227. The first-order valence-electron chi connectivity index (χ1n) is 9.87. The maximum absolute atomic E-state index is 13.5. The molecule has 0 saturated carbocycles. The van der Waals surface area contributed by atoms with E-state index in [4.69, 9.17) is 0 Å². The summed E-state index contributed by atoms with van der Waals surface area (Å²) in [6.07, 6.45) is 2.56. The second-order valence-electron chi connectivity index (χ2n) is 7.54. The molecule has 4 aromatic rings. The summed E-state index contributed by atoms with van der Waals surface area (Å²) in [6, 6.07) is 12.2. The number of aromatic amines is 2. The molecule has 2 aromatic carbocycles. The monoisotopic (exact) mass is 405 g/mol. The number of rotatable bonds is 5.